The quantitative estimate of drug-likeness (QED) is 0.570. The van der Waals surface area contributed by atoms with Gasteiger partial charge < -0.3 is 29.3 Å². The SMILES string of the molecule is CO[C@H]1CO[C@H](C(=O)N[C@H](C#N)Cc2ccc(-c3ccc4c(c3)CN(C)C4=O)cc2F)CN(C(=O)OC(C)(C)C)C1. The van der Waals surface area contributed by atoms with Gasteiger partial charge in [-0.15, -0.1) is 0 Å². The first-order valence-corrected chi connectivity index (χ1v) is 13.4. The second-order valence-electron chi connectivity index (χ2n) is 11.3. The normalized spacial score (nSPS) is 19.7. The van der Waals surface area contributed by atoms with Crippen LogP contribution in [-0.4, -0.2) is 85.4 Å². The molecule has 2 heterocycles. The zero-order valence-corrected chi connectivity index (χ0v) is 23.9. The van der Waals surface area contributed by atoms with E-state index in [1.165, 1.54) is 18.1 Å². The number of nitriles is 1. The second-order valence-corrected chi connectivity index (χ2v) is 11.3. The lowest BCUT2D eigenvalue weighted by molar-refractivity contribution is -0.134. The number of nitrogens with one attached hydrogen (secondary N) is 1. The first-order valence-electron chi connectivity index (χ1n) is 13.4. The van der Waals surface area contributed by atoms with Crippen LogP contribution in [0.1, 0.15) is 42.3 Å². The predicted octanol–water partition coefficient (Wildman–Crippen LogP) is 3.28. The van der Waals surface area contributed by atoms with Gasteiger partial charge in [-0.25, -0.2) is 9.18 Å². The number of carbonyl (C=O) groups is 3. The summed E-state index contributed by atoms with van der Waals surface area (Å²) in [7, 11) is 3.22. The summed E-state index contributed by atoms with van der Waals surface area (Å²) in [4.78, 5) is 41.0. The molecule has 3 atom stereocenters. The zero-order chi connectivity index (χ0) is 29.9. The van der Waals surface area contributed by atoms with E-state index in [2.05, 4.69) is 5.32 Å². The number of fused-ring (bicyclic) bond motifs is 1. The summed E-state index contributed by atoms with van der Waals surface area (Å²) in [6, 6.07) is 11.1. The minimum absolute atomic E-state index is 0.0389. The van der Waals surface area contributed by atoms with Gasteiger partial charge in [0.1, 0.15) is 17.5 Å². The van der Waals surface area contributed by atoms with Crippen LogP contribution in [0.25, 0.3) is 11.1 Å². The van der Waals surface area contributed by atoms with E-state index >= 15 is 4.39 Å². The molecule has 3 amide bonds. The second kappa shape index (κ2) is 12.2. The minimum Gasteiger partial charge on any atom is -0.444 e. The smallest absolute Gasteiger partial charge is 0.410 e. The molecule has 0 radical (unpaired) electrons. The van der Waals surface area contributed by atoms with Crippen molar-refractivity contribution in [1.29, 1.82) is 5.26 Å². The molecule has 0 unspecified atom stereocenters. The summed E-state index contributed by atoms with van der Waals surface area (Å²) in [5.41, 5.74) is 2.47. The number of nitrogens with zero attached hydrogens (tertiary/aromatic N) is 3. The highest BCUT2D eigenvalue weighted by molar-refractivity contribution is 5.98. The summed E-state index contributed by atoms with van der Waals surface area (Å²) in [6.07, 6.45) is -2.21. The van der Waals surface area contributed by atoms with Crippen LogP contribution in [0.3, 0.4) is 0 Å². The van der Waals surface area contributed by atoms with Gasteiger partial charge in [0.2, 0.25) is 0 Å². The van der Waals surface area contributed by atoms with Gasteiger partial charge in [-0.05, 0) is 61.2 Å². The molecule has 41 heavy (non-hydrogen) atoms. The van der Waals surface area contributed by atoms with Crippen LogP contribution in [0.2, 0.25) is 0 Å². The number of hydrogen-bond acceptors (Lipinski definition) is 7. The number of ether oxygens (including phenoxy) is 3. The molecule has 0 saturated carbocycles. The van der Waals surface area contributed by atoms with E-state index in [9.17, 15) is 19.6 Å². The maximum atomic E-state index is 15.2. The van der Waals surface area contributed by atoms with Crippen molar-refractivity contribution in [3.8, 4) is 17.2 Å². The Labute approximate surface area is 238 Å². The highest BCUT2D eigenvalue weighted by Gasteiger charge is 2.34. The van der Waals surface area contributed by atoms with E-state index in [0.717, 1.165) is 11.1 Å². The fraction of sp³-hybridized carbons (Fsp3) is 0.467. The maximum Gasteiger partial charge on any atom is 0.410 e. The first-order chi connectivity index (χ1) is 19.4. The Morgan fingerprint density at radius 2 is 1.90 bits per heavy atom. The molecule has 2 aromatic rings. The van der Waals surface area contributed by atoms with Crippen LogP contribution in [0.15, 0.2) is 36.4 Å². The van der Waals surface area contributed by atoms with E-state index in [1.54, 1.807) is 57.0 Å². The third-order valence-corrected chi connectivity index (χ3v) is 6.94. The number of rotatable bonds is 6. The standard InChI is InChI=1S/C30H35FN4O6/c1-30(2,3)41-29(38)35-15-23(39-5)17-40-26(16-35)27(36)33-22(13-32)11-20-7-6-19(12-25(20)31)18-8-9-24-21(10-18)14-34(4)28(24)37/h6-10,12,22-23,26H,11,14-17H2,1-5H3,(H,33,36)/t22-,23+,26-/m0/s1. The zero-order valence-electron chi connectivity index (χ0n) is 23.9. The first kappa shape index (κ1) is 30.0. The van der Waals surface area contributed by atoms with Crippen molar-refractivity contribution < 1.29 is 33.0 Å². The number of halogens is 1. The van der Waals surface area contributed by atoms with Crippen molar-refractivity contribution in [3.05, 3.63) is 58.9 Å². The third kappa shape index (κ3) is 7.20. The van der Waals surface area contributed by atoms with Crippen LogP contribution in [0.4, 0.5) is 9.18 Å². The molecule has 10 nitrogen and oxygen atoms in total. The molecule has 218 valence electrons. The summed E-state index contributed by atoms with van der Waals surface area (Å²) >= 11 is 0. The predicted molar refractivity (Wildman–Crippen MR) is 147 cm³/mol. The Hall–Kier alpha value is -4.01. The van der Waals surface area contributed by atoms with Crippen molar-refractivity contribution in [2.45, 2.75) is 57.6 Å². The highest BCUT2D eigenvalue weighted by atomic mass is 19.1. The topological polar surface area (TPSA) is 121 Å². The van der Waals surface area contributed by atoms with Gasteiger partial charge in [0.05, 0.1) is 31.9 Å². The molecule has 2 aliphatic heterocycles. The maximum absolute atomic E-state index is 15.2. The molecule has 0 aliphatic carbocycles. The monoisotopic (exact) mass is 566 g/mol. The lowest BCUT2D eigenvalue weighted by Gasteiger charge is -2.28. The van der Waals surface area contributed by atoms with Crippen molar-refractivity contribution in [3.63, 3.8) is 0 Å². The lowest BCUT2D eigenvalue weighted by atomic mass is 9.97. The fourth-order valence-corrected chi connectivity index (χ4v) is 4.78. The minimum atomic E-state index is -1.07. The van der Waals surface area contributed by atoms with Gasteiger partial charge in [-0.2, -0.15) is 5.26 Å². The van der Waals surface area contributed by atoms with Crippen LogP contribution in [0, 0.1) is 17.1 Å². The molecular formula is C30H35FN4O6. The summed E-state index contributed by atoms with van der Waals surface area (Å²) < 4.78 is 31.7. The number of amides is 3. The molecule has 1 saturated heterocycles. The van der Waals surface area contributed by atoms with Crippen molar-refractivity contribution in [1.82, 2.24) is 15.1 Å². The van der Waals surface area contributed by atoms with Gasteiger partial charge in [0.25, 0.3) is 11.8 Å². The number of carbonyl (C=O) groups excluding carboxylic acids is 3. The van der Waals surface area contributed by atoms with Crippen molar-refractivity contribution >= 4 is 17.9 Å². The Balaban J connectivity index is 1.43. The molecular weight excluding hydrogens is 531 g/mol. The van der Waals surface area contributed by atoms with E-state index in [0.29, 0.717) is 17.7 Å². The van der Waals surface area contributed by atoms with Gasteiger partial charge in [-0.1, -0.05) is 18.2 Å². The lowest BCUT2D eigenvalue weighted by Crippen LogP contribution is -2.49. The van der Waals surface area contributed by atoms with E-state index in [1.807, 2.05) is 12.1 Å². The van der Waals surface area contributed by atoms with E-state index in [4.69, 9.17) is 14.2 Å². The van der Waals surface area contributed by atoms with Crippen LogP contribution < -0.4 is 5.32 Å². The molecule has 2 aromatic carbocycles. The third-order valence-electron chi connectivity index (χ3n) is 6.94. The van der Waals surface area contributed by atoms with Crippen molar-refractivity contribution in [2.24, 2.45) is 0 Å². The van der Waals surface area contributed by atoms with E-state index in [-0.39, 0.29) is 37.6 Å². The molecule has 2 aliphatic rings. The van der Waals surface area contributed by atoms with Crippen LogP contribution >= 0.6 is 0 Å². The number of methoxy groups -OCH3 is 1. The van der Waals surface area contributed by atoms with Crippen LogP contribution in [0.5, 0.6) is 0 Å². The summed E-state index contributed by atoms with van der Waals surface area (Å²) in [5, 5.41) is 12.3. The van der Waals surface area contributed by atoms with E-state index < -0.39 is 41.7 Å². The largest absolute Gasteiger partial charge is 0.444 e. The molecule has 0 aromatic heterocycles. The Morgan fingerprint density at radius 3 is 2.56 bits per heavy atom. The van der Waals surface area contributed by atoms with Gasteiger partial charge in [0.15, 0.2) is 6.10 Å². The molecule has 0 bridgehead atoms. The Morgan fingerprint density at radius 1 is 1.20 bits per heavy atom. The van der Waals surface area contributed by atoms with Crippen LogP contribution in [-0.2, 0) is 32.0 Å². The fourth-order valence-electron chi connectivity index (χ4n) is 4.78. The average molecular weight is 567 g/mol. The molecule has 0 spiro atoms. The highest BCUT2D eigenvalue weighted by Crippen LogP contribution is 2.29. The summed E-state index contributed by atoms with van der Waals surface area (Å²) in [5.74, 6) is -1.16. The molecule has 11 heteroatoms. The molecule has 1 N–H and O–H groups in total. The Bertz CT molecular complexity index is 1370. The molecule has 4 rings (SSSR count). The number of hydrogen-bond donors (Lipinski definition) is 1. The van der Waals surface area contributed by atoms with Crippen molar-refractivity contribution in [2.75, 3.05) is 33.9 Å². The average Bonchev–Trinajstić information content (AvgIpc) is 3.07. The number of benzene rings is 2. The van der Waals surface area contributed by atoms with Gasteiger partial charge >= 0.3 is 6.09 Å². The summed E-state index contributed by atoms with van der Waals surface area (Å²) in [6.45, 7) is 5.87. The Kier molecular flexibility index (Phi) is 8.95. The van der Waals surface area contributed by atoms with Gasteiger partial charge in [-0.3, -0.25) is 9.59 Å². The molecule has 1 fully saturated rings. The van der Waals surface area contributed by atoms with Gasteiger partial charge in [0, 0.05) is 32.7 Å².